The molecule has 0 aromatic heterocycles. The van der Waals surface area contributed by atoms with E-state index in [1.54, 1.807) is 0 Å². The van der Waals surface area contributed by atoms with E-state index in [1.165, 1.54) is 38.4 Å². The van der Waals surface area contributed by atoms with E-state index in [2.05, 4.69) is 18.9 Å². The molecular formula is C15H29NO3S. The van der Waals surface area contributed by atoms with E-state index in [-0.39, 0.29) is 5.75 Å². The van der Waals surface area contributed by atoms with Gasteiger partial charge in [-0.3, -0.25) is 0 Å². The number of ether oxygens (including phenoxy) is 1. The number of nitrogens with zero attached hydrogens (tertiary/aromatic N) is 1. The Hall–Kier alpha value is -0.130. The average molecular weight is 303 g/mol. The van der Waals surface area contributed by atoms with Crippen LogP contribution < -0.4 is 0 Å². The SMILES string of the molecule is CCO[C@H]1C[C@@H](N(C)CCS(C)(=O)=O)C12CCCCC2. The minimum absolute atomic E-state index is 0.259. The Bertz CT molecular complexity index is 415. The summed E-state index contributed by atoms with van der Waals surface area (Å²) in [7, 11) is -0.798. The number of hydrogen-bond donors (Lipinski definition) is 0. The van der Waals surface area contributed by atoms with Crippen LogP contribution in [0.15, 0.2) is 0 Å². The normalized spacial score (nSPS) is 29.6. The summed E-state index contributed by atoms with van der Waals surface area (Å²) < 4.78 is 28.6. The smallest absolute Gasteiger partial charge is 0.148 e. The summed E-state index contributed by atoms with van der Waals surface area (Å²) in [5, 5.41) is 0. The fourth-order valence-corrected chi connectivity index (χ4v) is 4.73. The number of hydrogen-bond acceptors (Lipinski definition) is 4. The van der Waals surface area contributed by atoms with Crippen molar-refractivity contribution in [2.75, 3.05) is 32.2 Å². The molecule has 0 unspecified atom stereocenters. The van der Waals surface area contributed by atoms with Crippen LogP contribution in [0.1, 0.15) is 45.4 Å². The average Bonchev–Trinajstić information content (AvgIpc) is 2.40. The zero-order valence-corrected chi connectivity index (χ0v) is 13.9. The Morgan fingerprint density at radius 2 is 1.90 bits per heavy atom. The van der Waals surface area contributed by atoms with Gasteiger partial charge >= 0.3 is 0 Å². The summed E-state index contributed by atoms with van der Waals surface area (Å²) in [5.41, 5.74) is 0.292. The molecule has 0 bridgehead atoms. The Balaban J connectivity index is 2.00. The van der Waals surface area contributed by atoms with Crippen LogP contribution in [0.3, 0.4) is 0 Å². The zero-order chi connectivity index (χ0) is 14.8. The van der Waals surface area contributed by atoms with Crippen molar-refractivity contribution in [3.63, 3.8) is 0 Å². The van der Waals surface area contributed by atoms with Gasteiger partial charge in [0, 0.05) is 30.9 Å². The second-order valence-electron chi connectivity index (χ2n) is 6.60. The van der Waals surface area contributed by atoms with Crippen molar-refractivity contribution in [3.8, 4) is 0 Å². The highest BCUT2D eigenvalue weighted by atomic mass is 32.2. The van der Waals surface area contributed by atoms with Crippen molar-refractivity contribution in [3.05, 3.63) is 0 Å². The van der Waals surface area contributed by atoms with Crippen molar-refractivity contribution >= 4 is 9.84 Å². The molecule has 20 heavy (non-hydrogen) atoms. The first kappa shape index (κ1) is 16.2. The maximum Gasteiger partial charge on any atom is 0.148 e. The molecule has 2 atom stereocenters. The molecule has 118 valence electrons. The molecule has 4 nitrogen and oxygen atoms in total. The minimum Gasteiger partial charge on any atom is -0.378 e. The lowest BCUT2D eigenvalue weighted by Gasteiger charge is -2.60. The summed E-state index contributed by atoms with van der Waals surface area (Å²) in [6.07, 6.45) is 9.17. The van der Waals surface area contributed by atoms with Gasteiger partial charge in [0.1, 0.15) is 9.84 Å². The van der Waals surface area contributed by atoms with Crippen LogP contribution >= 0.6 is 0 Å². The minimum atomic E-state index is -2.88. The summed E-state index contributed by atoms with van der Waals surface area (Å²) in [6, 6.07) is 0.501. The van der Waals surface area contributed by atoms with Gasteiger partial charge in [-0.05, 0) is 33.2 Å². The van der Waals surface area contributed by atoms with E-state index < -0.39 is 9.84 Å². The van der Waals surface area contributed by atoms with Crippen molar-refractivity contribution in [1.82, 2.24) is 4.90 Å². The highest BCUT2D eigenvalue weighted by Crippen LogP contribution is 2.55. The second kappa shape index (κ2) is 6.32. The molecule has 2 fully saturated rings. The Morgan fingerprint density at radius 3 is 2.45 bits per heavy atom. The van der Waals surface area contributed by atoms with Crippen molar-refractivity contribution in [2.24, 2.45) is 5.41 Å². The lowest BCUT2D eigenvalue weighted by molar-refractivity contribution is -0.177. The Labute approximate surface area is 123 Å². The predicted octanol–water partition coefficient (Wildman–Crippen LogP) is 2.09. The molecule has 0 N–H and O–H groups in total. The third kappa shape index (κ3) is 3.37. The third-order valence-electron chi connectivity index (χ3n) is 5.24. The number of sulfone groups is 1. The van der Waals surface area contributed by atoms with E-state index in [9.17, 15) is 8.42 Å². The molecule has 1 spiro atoms. The monoisotopic (exact) mass is 303 g/mol. The summed E-state index contributed by atoms with van der Waals surface area (Å²) >= 11 is 0. The quantitative estimate of drug-likeness (QED) is 0.754. The second-order valence-corrected chi connectivity index (χ2v) is 8.86. The molecule has 2 rings (SSSR count). The molecule has 0 heterocycles. The van der Waals surface area contributed by atoms with Crippen LogP contribution in [0.5, 0.6) is 0 Å². The van der Waals surface area contributed by atoms with Crippen LogP contribution in [0, 0.1) is 5.41 Å². The van der Waals surface area contributed by atoms with Crippen LogP contribution in [0.4, 0.5) is 0 Å². The first-order chi connectivity index (χ1) is 9.39. The van der Waals surface area contributed by atoms with Crippen LogP contribution in [0.2, 0.25) is 0 Å². The molecule has 5 heteroatoms. The first-order valence-electron chi connectivity index (χ1n) is 7.88. The van der Waals surface area contributed by atoms with Gasteiger partial charge in [0.2, 0.25) is 0 Å². The molecular weight excluding hydrogens is 274 g/mol. The molecule has 2 aliphatic carbocycles. The van der Waals surface area contributed by atoms with Crippen LogP contribution in [0.25, 0.3) is 0 Å². The molecule has 0 radical (unpaired) electrons. The van der Waals surface area contributed by atoms with E-state index in [0.29, 0.717) is 24.1 Å². The molecule has 0 aromatic rings. The van der Waals surface area contributed by atoms with E-state index in [0.717, 1.165) is 13.0 Å². The largest absolute Gasteiger partial charge is 0.378 e. The van der Waals surface area contributed by atoms with Crippen molar-refractivity contribution in [1.29, 1.82) is 0 Å². The molecule has 2 saturated carbocycles. The summed E-state index contributed by atoms with van der Waals surface area (Å²) in [6.45, 7) is 3.49. The zero-order valence-electron chi connectivity index (χ0n) is 13.1. The molecule has 2 aliphatic rings. The van der Waals surface area contributed by atoms with Crippen molar-refractivity contribution < 1.29 is 13.2 Å². The lowest BCUT2D eigenvalue weighted by Crippen LogP contribution is -2.65. The maximum absolute atomic E-state index is 11.3. The standard InChI is InChI=1S/C15H29NO3S/c1-4-19-14-12-13(15(14)8-6-5-7-9-15)16(2)10-11-20(3,17)18/h13-14H,4-12H2,1-3H3/t13-,14+/m1/s1. The highest BCUT2D eigenvalue weighted by molar-refractivity contribution is 7.90. The van der Waals surface area contributed by atoms with E-state index in [1.807, 2.05) is 0 Å². The topological polar surface area (TPSA) is 46.6 Å². The molecule has 0 aliphatic heterocycles. The fourth-order valence-electron chi connectivity index (χ4n) is 4.11. The Kier molecular flexibility index (Phi) is 5.14. The van der Waals surface area contributed by atoms with Gasteiger partial charge in [0.05, 0.1) is 11.9 Å². The van der Waals surface area contributed by atoms with Gasteiger partial charge in [0.25, 0.3) is 0 Å². The molecule has 0 aromatic carbocycles. The molecule has 0 saturated heterocycles. The lowest BCUT2D eigenvalue weighted by atomic mass is 9.54. The molecule has 0 amide bonds. The third-order valence-corrected chi connectivity index (χ3v) is 6.17. The number of rotatable bonds is 6. The first-order valence-corrected chi connectivity index (χ1v) is 9.94. The Morgan fingerprint density at radius 1 is 1.25 bits per heavy atom. The predicted molar refractivity (Wildman–Crippen MR) is 81.7 cm³/mol. The van der Waals surface area contributed by atoms with Gasteiger partial charge in [-0.25, -0.2) is 8.42 Å². The van der Waals surface area contributed by atoms with Crippen LogP contribution in [-0.2, 0) is 14.6 Å². The summed E-state index contributed by atoms with van der Waals surface area (Å²) in [5.74, 6) is 0.259. The van der Waals surface area contributed by atoms with Gasteiger partial charge < -0.3 is 9.64 Å². The fraction of sp³-hybridized carbons (Fsp3) is 1.00. The summed E-state index contributed by atoms with van der Waals surface area (Å²) in [4.78, 5) is 2.27. The highest BCUT2D eigenvalue weighted by Gasteiger charge is 2.56. The van der Waals surface area contributed by atoms with Gasteiger partial charge in [0.15, 0.2) is 0 Å². The van der Waals surface area contributed by atoms with Gasteiger partial charge in [-0.1, -0.05) is 19.3 Å². The van der Waals surface area contributed by atoms with Gasteiger partial charge in [-0.15, -0.1) is 0 Å². The van der Waals surface area contributed by atoms with E-state index >= 15 is 0 Å². The van der Waals surface area contributed by atoms with Crippen LogP contribution in [-0.4, -0.2) is 57.7 Å². The van der Waals surface area contributed by atoms with Gasteiger partial charge in [-0.2, -0.15) is 0 Å². The maximum atomic E-state index is 11.3. The van der Waals surface area contributed by atoms with E-state index in [4.69, 9.17) is 4.74 Å². The van der Waals surface area contributed by atoms with Crippen molar-refractivity contribution in [2.45, 2.75) is 57.6 Å².